The fourth-order valence-corrected chi connectivity index (χ4v) is 3.18. The van der Waals surface area contributed by atoms with Crippen LogP contribution in [0.1, 0.15) is 28.9 Å². The van der Waals surface area contributed by atoms with E-state index in [-0.39, 0.29) is 24.4 Å². The van der Waals surface area contributed by atoms with Crippen molar-refractivity contribution in [2.24, 2.45) is 0 Å². The van der Waals surface area contributed by atoms with Gasteiger partial charge in [0.2, 0.25) is 5.91 Å². The van der Waals surface area contributed by atoms with Crippen LogP contribution in [0, 0.1) is 0 Å². The third kappa shape index (κ3) is 5.99. The highest BCUT2D eigenvalue weighted by atomic mass is 35.5. The number of carbonyl (C=O) groups is 2. The van der Waals surface area contributed by atoms with Gasteiger partial charge in [0.25, 0.3) is 5.91 Å². The number of nitrogens with one attached hydrogen (secondary N) is 3. The second kappa shape index (κ2) is 10.1. The van der Waals surface area contributed by atoms with Crippen LogP contribution in [0.5, 0.6) is 0 Å². The first-order valence-electron chi connectivity index (χ1n) is 9.37. The predicted molar refractivity (Wildman–Crippen MR) is 122 cm³/mol. The Kier molecular flexibility index (Phi) is 7.33. The van der Waals surface area contributed by atoms with Gasteiger partial charge < -0.3 is 16.0 Å². The van der Waals surface area contributed by atoms with Crippen LogP contribution in [0.15, 0.2) is 72.8 Å². The van der Waals surface area contributed by atoms with E-state index in [0.29, 0.717) is 27.0 Å². The molecule has 0 saturated heterocycles. The lowest BCUT2D eigenvalue weighted by molar-refractivity contribution is -0.114. The van der Waals surface area contributed by atoms with Crippen molar-refractivity contribution in [3.8, 4) is 0 Å². The summed E-state index contributed by atoms with van der Waals surface area (Å²) >= 11 is 12.0. The van der Waals surface area contributed by atoms with E-state index in [1.807, 2.05) is 37.3 Å². The summed E-state index contributed by atoms with van der Waals surface area (Å²) in [6.07, 6.45) is 0. The number of amides is 2. The molecule has 7 heteroatoms. The fourth-order valence-electron chi connectivity index (χ4n) is 2.82. The zero-order valence-electron chi connectivity index (χ0n) is 16.3. The van der Waals surface area contributed by atoms with Crippen molar-refractivity contribution in [1.29, 1.82) is 0 Å². The molecule has 30 heavy (non-hydrogen) atoms. The molecule has 5 nitrogen and oxygen atoms in total. The minimum Gasteiger partial charge on any atom is -0.375 e. The van der Waals surface area contributed by atoms with E-state index < -0.39 is 0 Å². The van der Waals surface area contributed by atoms with Gasteiger partial charge in [-0.3, -0.25) is 9.59 Å². The summed E-state index contributed by atoms with van der Waals surface area (Å²) in [5, 5.41) is 9.68. The summed E-state index contributed by atoms with van der Waals surface area (Å²) in [5.41, 5.74) is 2.71. The Bertz CT molecular complexity index is 1020. The first-order valence-corrected chi connectivity index (χ1v) is 10.1. The molecule has 1 unspecified atom stereocenters. The molecule has 0 spiro atoms. The van der Waals surface area contributed by atoms with Crippen molar-refractivity contribution < 1.29 is 9.59 Å². The molecule has 3 aromatic carbocycles. The quantitative estimate of drug-likeness (QED) is 0.450. The molecule has 0 bridgehead atoms. The Hall–Kier alpha value is -3.02. The Morgan fingerprint density at radius 2 is 1.63 bits per heavy atom. The van der Waals surface area contributed by atoms with Gasteiger partial charge in [-0.05, 0) is 55.0 Å². The number of rotatable bonds is 7. The van der Waals surface area contributed by atoms with Crippen LogP contribution in [-0.2, 0) is 4.79 Å². The average Bonchev–Trinajstić information content (AvgIpc) is 2.75. The second-order valence-electron chi connectivity index (χ2n) is 6.71. The van der Waals surface area contributed by atoms with Crippen molar-refractivity contribution in [2.45, 2.75) is 13.0 Å². The molecule has 0 radical (unpaired) electrons. The Labute approximate surface area is 185 Å². The first-order chi connectivity index (χ1) is 14.4. The molecule has 154 valence electrons. The second-order valence-corrected chi connectivity index (χ2v) is 7.55. The Morgan fingerprint density at radius 1 is 0.933 bits per heavy atom. The molecule has 0 aliphatic heterocycles. The number of hydrogen-bond acceptors (Lipinski definition) is 3. The zero-order chi connectivity index (χ0) is 21.5. The summed E-state index contributed by atoms with van der Waals surface area (Å²) in [6.45, 7) is 1.96. The topological polar surface area (TPSA) is 70.2 Å². The van der Waals surface area contributed by atoms with Gasteiger partial charge in [-0.1, -0.05) is 53.5 Å². The Morgan fingerprint density at radius 3 is 2.33 bits per heavy atom. The number of carbonyl (C=O) groups excluding carboxylic acids is 2. The van der Waals surface area contributed by atoms with Crippen LogP contribution in [0.4, 0.5) is 11.4 Å². The summed E-state index contributed by atoms with van der Waals surface area (Å²) in [5.74, 6) is -0.428. The molecular formula is C23H21Cl2N3O2. The third-order valence-electron chi connectivity index (χ3n) is 4.45. The first kappa shape index (κ1) is 21.7. The maximum absolute atomic E-state index is 12.4. The van der Waals surface area contributed by atoms with Gasteiger partial charge in [0.1, 0.15) is 0 Å². The maximum Gasteiger partial charge on any atom is 0.251 e. The molecule has 0 heterocycles. The highest BCUT2D eigenvalue weighted by Crippen LogP contribution is 2.25. The molecule has 0 aliphatic rings. The average molecular weight is 442 g/mol. The lowest BCUT2D eigenvalue weighted by atomic mass is 10.1. The van der Waals surface area contributed by atoms with Crippen LogP contribution in [0.25, 0.3) is 0 Å². The van der Waals surface area contributed by atoms with Crippen molar-refractivity contribution >= 4 is 46.4 Å². The zero-order valence-corrected chi connectivity index (χ0v) is 17.8. The van der Waals surface area contributed by atoms with E-state index >= 15 is 0 Å². The maximum atomic E-state index is 12.4. The van der Waals surface area contributed by atoms with Crippen LogP contribution in [0.2, 0.25) is 10.0 Å². The smallest absolute Gasteiger partial charge is 0.251 e. The fraction of sp³-hybridized carbons (Fsp3) is 0.130. The van der Waals surface area contributed by atoms with E-state index in [1.165, 1.54) is 0 Å². The lowest BCUT2D eigenvalue weighted by Gasteiger charge is -2.14. The number of halogens is 2. The molecule has 1 atom stereocenters. The van der Waals surface area contributed by atoms with Gasteiger partial charge in [0.05, 0.1) is 23.3 Å². The van der Waals surface area contributed by atoms with Crippen molar-refractivity contribution in [2.75, 3.05) is 17.2 Å². The molecule has 0 aliphatic carbocycles. The van der Waals surface area contributed by atoms with Crippen molar-refractivity contribution in [3.05, 3.63) is 94.0 Å². The van der Waals surface area contributed by atoms with Gasteiger partial charge >= 0.3 is 0 Å². The van der Waals surface area contributed by atoms with E-state index in [2.05, 4.69) is 16.0 Å². The Balaban J connectivity index is 1.53. The predicted octanol–water partition coefficient (Wildman–Crippen LogP) is 5.54. The number of benzene rings is 3. The summed E-state index contributed by atoms with van der Waals surface area (Å²) < 4.78 is 0. The van der Waals surface area contributed by atoms with Crippen LogP contribution < -0.4 is 16.0 Å². The third-order valence-corrected chi connectivity index (χ3v) is 5.01. The van der Waals surface area contributed by atoms with E-state index in [4.69, 9.17) is 23.2 Å². The van der Waals surface area contributed by atoms with E-state index in [0.717, 1.165) is 5.56 Å². The number of anilines is 2. The summed E-state index contributed by atoms with van der Waals surface area (Å²) in [4.78, 5) is 24.6. The van der Waals surface area contributed by atoms with Gasteiger partial charge in [-0.2, -0.15) is 0 Å². The molecule has 0 fully saturated rings. The largest absolute Gasteiger partial charge is 0.375 e. The molecule has 0 saturated carbocycles. The molecule has 3 N–H and O–H groups in total. The number of hydrogen-bond donors (Lipinski definition) is 3. The van der Waals surface area contributed by atoms with Gasteiger partial charge in [-0.15, -0.1) is 0 Å². The molecule has 0 aromatic heterocycles. The van der Waals surface area contributed by atoms with Crippen LogP contribution in [-0.4, -0.2) is 18.4 Å². The monoisotopic (exact) mass is 441 g/mol. The minimum absolute atomic E-state index is 0.0247. The van der Waals surface area contributed by atoms with Crippen LogP contribution in [0.3, 0.4) is 0 Å². The van der Waals surface area contributed by atoms with Gasteiger partial charge in [0.15, 0.2) is 0 Å². The highest BCUT2D eigenvalue weighted by molar-refractivity contribution is 6.35. The summed E-state index contributed by atoms with van der Waals surface area (Å²) in [7, 11) is 0. The van der Waals surface area contributed by atoms with Crippen molar-refractivity contribution in [1.82, 2.24) is 5.32 Å². The van der Waals surface area contributed by atoms with Crippen LogP contribution >= 0.6 is 23.2 Å². The molecule has 3 rings (SSSR count). The van der Waals surface area contributed by atoms with Crippen molar-refractivity contribution in [3.63, 3.8) is 0 Å². The highest BCUT2D eigenvalue weighted by Gasteiger charge is 2.12. The standard InChI is InChI=1S/C23H21Cl2N3O2/c1-15(16-5-3-2-4-6-16)27-23(30)17-7-10-19(11-8-17)28-22(29)14-26-21-13-18(24)9-12-20(21)25/h2-13,15,26H,14H2,1H3,(H,27,30)(H,28,29). The lowest BCUT2D eigenvalue weighted by Crippen LogP contribution is -2.26. The normalized spacial score (nSPS) is 11.4. The van der Waals surface area contributed by atoms with E-state index in [9.17, 15) is 9.59 Å². The van der Waals surface area contributed by atoms with Gasteiger partial charge in [0, 0.05) is 16.3 Å². The van der Waals surface area contributed by atoms with E-state index in [1.54, 1.807) is 42.5 Å². The summed E-state index contributed by atoms with van der Waals surface area (Å²) in [6, 6.07) is 21.3. The molecule has 2 amide bonds. The van der Waals surface area contributed by atoms with Gasteiger partial charge in [-0.25, -0.2) is 0 Å². The molecular weight excluding hydrogens is 421 g/mol. The SMILES string of the molecule is CC(NC(=O)c1ccc(NC(=O)CNc2cc(Cl)ccc2Cl)cc1)c1ccccc1. The minimum atomic E-state index is -0.249. The molecule has 3 aromatic rings.